The molecule has 2 aliphatic rings. The quantitative estimate of drug-likeness (QED) is 0.391. The maximum Gasteiger partial charge on any atom is 0.297 e. The molecule has 0 fully saturated rings. The molecule has 2 aromatic heterocycles. The number of anilines is 2. The lowest BCUT2D eigenvalue weighted by molar-refractivity contribution is -0.121. The summed E-state index contributed by atoms with van der Waals surface area (Å²) in [6.45, 7) is 10.2. The van der Waals surface area contributed by atoms with E-state index >= 15 is 0 Å². The van der Waals surface area contributed by atoms with Gasteiger partial charge in [0.2, 0.25) is 10.9 Å². The van der Waals surface area contributed by atoms with Crippen LogP contribution >= 0.6 is 11.3 Å². The minimum atomic E-state index is -1.72. The molecule has 0 bridgehead atoms. The number of likely N-dealkylation sites (N-methyl/N-ethyl adjacent to an activating group) is 1. The van der Waals surface area contributed by atoms with Gasteiger partial charge >= 0.3 is 0 Å². The molecule has 8 nitrogen and oxygen atoms in total. The third-order valence-electron chi connectivity index (χ3n) is 7.29. The summed E-state index contributed by atoms with van der Waals surface area (Å²) in [7, 11) is 0. The monoisotopic (exact) mass is 514 g/mol. The molecule has 0 saturated carbocycles. The second kappa shape index (κ2) is 8.08. The number of para-hydroxylation sites is 1. The van der Waals surface area contributed by atoms with Crippen LogP contribution in [0.3, 0.4) is 0 Å². The van der Waals surface area contributed by atoms with Gasteiger partial charge in [0.25, 0.3) is 11.8 Å². The van der Waals surface area contributed by atoms with E-state index in [4.69, 9.17) is 4.42 Å². The van der Waals surface area contributed by atoms with Gasteiger partial charge in [-0.15, -0.1) is 10.2 Å². The van der Waals surface area contributed by atoms with Crippen molar-refractivity contribution in [1.29, 1.82) is 0 Å². The standard InChI is InChI=1S/C28H26N4O4S/c1-6-31-19-10-8-7-9-18(19)28(26(31)35)22-23(33)17-12-15(4)16(5)13-20(17)36-24(22)25(34)32(28)27-30-29-21(37-27)11-14(2)3/h7-10,12-14H,6,11H2,1-5H3. The van der Waals surface area contributed by atoms with Gasteiger partial charge in [-0.25, -0.2) is 0 Å². The summed E-state index contributed by atoms with van der Waals surface area (Å²) in [5, 5.41) is 10.0. The Morgan fingerprint density at radius 3 is 2.51 bits per heavy atom. The highest BCUT2D eigenvalue weighted by Gasteiger charge is 2.66. The highest BCUT2D eigenvalue weighted by Crippen LogP contribution is 2.54. The smallest absolute Gasteiger partial charge is 0.297 e. The fraction of sp³-hybridized carbons (Fsp3) is 0.321. The van der Waals surface area contributed by atoms with E-state index in [0.29, 0.717) is 41.1 Å². The van der Waals surface area contributed by atoms with Crippen LogP contribution in [-0.2, 0) is 16.8 Å². The largest absolute Gasteiger partial charge is 0.450 e. The average Bonchev–Trinajstić information content (AvgIpc) is 3.48. The van der Waals surface area contributed by atoms with Crippen molar-refractivity contribution in [2.75, 3.05) is 16.3 Å². The van der Waals surface area contributed by atoms with Crippen LogP contribution in [0, 0.1) is 19.8 Å². The first-order valence-corrected chi connectivity index (χ1v) is 13.2. The SMILES string of the molecule is CCN1C(=O)C2(c3ccccc31)c1c(oc3cc(C)c(C)cc3c1=O)C(=O)N2c1nnc(CC(C)C)s1. The Bertz CT molecular complexity index is 1690. The lowest BCUT2D eigenvalue weighted by Crippen LogP contribution is -2.53. The number of carbonyl (C=O) groups excluding carboxylic acids is 2. The number of aromatic nitrogens is 2. The Balaban J connectivity index is 1.73. The van der Waals surface area contributed by atoms with Crippen molar-refractivity contribution in [3.8, 4) is 0 Å². The fourth-order valence-corrected chi connectivity index (χ4v) is 6.60. The van der Waals surface area contributed by atoms with E-state index in [-0.39, 0.29) is 27.8 Å². The molecule has 9 heteroatoms. The maximum absolute atomic E-state index is 14.4. The van der Waals surface area contributed by atoms with Crippen LogP contribution in [0.15, 0.2) is 45.6 Å². The Hall–Kier alpha value is -3.85. The molecule has 4 aromatic rings. The Morgan fingerprint density at radius 2 is 1.78 bits per heavy atom. The lowest BCUT2D eigenvalue weighted by Gasteiger charge is -2.31. The molecule has 2 aliphatic heterocycles. The van der Waals surface area contributed by atoms with Crippen molar-refractivity contribution in [1.82, 2.24) is 10.2 Å². The molecule has 2 amide bonds. The van der Waals surface area contributed by atoms with Gasteiger partial charge in [0, 0.05) is 18.5 Å². The highest BCUT2D eigenvalue weighted by atomic mass is 32.1. The first kappa shape index (κ1) is 23.5. The Morgan fingerprint density at radius 1 is 1.05 bits per heavy atom. The molecule has 6 rings (SSSR count). The molecular formula is C28H26N4O4S. The van der Waals surface area contributed by atoms with Crippen LogP contribution in [0.25, 0.3) is 11.0 Å². The minimum absolute atomic E-state index is 0.0438. The molecule has 1 unspecified atom stereocenters. The van der Waals surface area contributed by atoms with Gasteiger partial charge in [0.15, 0.2) is 11.0 Å². The number of hydrogen-bond acceptors (Lipinski definition) is 7. The minimum Gasteiger partial charge on any atom is -0.450 e. The van der Waals surface area contributed by atoms with Gasteiger partial charge in [-0.05, 0) is 56.0 Å². The van der Waals surface area contributed by atoms with Crippen LogP contribution in [-0.4, -0.2) is 28.6 Å². The van der Waals surface area contributed by atoms with E-state index in [2.05, 4.69) is 24.0 Å². The number of hydrogen-bond donors (Lipinski definition) is 0. The van der Waals surface area contributed by atoms with E-state index in [9.17, 15) is 14.4 Å². The zero-order chi connectivity index (χ0) is 26.2. The summed E-state index contributed by atoms with van der Waals surface area (Å²) in [4.78, 5) is 45.7. The van der Waals surface area contributed by atoms with Gasteiger partial charge in [-0.1, -0.05) is 43.4 Å². The van der Waals surface area contributed by atoms with Crippen molar-refractivity contribution in [2.24, 2.45) is 5.92 Å². The van der Waals surface area contributed by atoms with Crippen molar-refractivity contribution in [2.45, 2.75) is 46.6 Å². The van der Waals surface area contributed by atoms with Gasteiger partial charge in [-0.3, -0.25) is 19.3 Å². The Kier molecular flexibility index (Phi) is 5.14. The summed E-state index contributed by atoms with van der Waals surface area (Å²) in [6.07, 6.45) is 0.685. The first-order valence-electron chi connectivity index (χ1n) is 12.4. The van der Waals surface area contributed by atoms with Crippen LogP contribution in [0.5, 0.6) is 0 Å². The van der Waals surface area contributed by atoms with Gasteiger partial charge in [0.05, 0.1) is 16.6 Å². The number of amides is 2. The second-order valence-electron chi connectivity index (χ2n) is 10.1. The number of carbonyl (C=O) groups is 2. The fourth-order valence-electron chi connectivity index (χ4n) is 5.50. The molecule has 37 heavy (non-hydrogen) atoms. The van der Waals surface area contributed by atoms with Crippen LogP contribution in [0.2, 0.25) is 0 Å². The predicted molar refractivity (Wildman–Crippen MR) is 142 cm³/mol. The topological polar surface area (TPSA) is 96.6 Å². The molecule has 4 heterocycles. The Labute approximate surface area is 217 Å². The van der Waals surface area contributed by atoms with E-state index in [1.807, 2.05) is 39.0 Å². The molecule has 1 spiro atoms. The third-order valence-corrected chi connectivity index (χ3v) is 8.22. The van der Waals surface area contributed by atoms with E-state index in [0.717, 1.165) is 16.1 Å². The van der Waals surface area contributed by atoms with E-state index < -0.39 is 11.4 Å². The van der Waals surface area contributed by atoms with Crippen molar-refractivity contribution in [3.63, 3.8) is 0 Å². The van der Waals surface area contributed by atoms with Gasteiger partial charge in [-0.2, -0.15) is 0 Å². The van der Waals surface area contributed by atoms with Crippen molar-refractivity contribution in [3.05, 3.63) is 79.6 Å². The van der Waals surface area contributed by atoms with Crippen LogP contribution in [0.4, 0.5) is 10.8 Å². The normalized spacial score (nSPS) is 18.5. The summed E-state index contributed by atoms with van der Waals surface area (Å²) < 4.78 is 6.17. The molecule has 1 atom stereocenters. The molecule has 2 aromatic carbocycles. The van der Waals surface area contributed by atoms with E-state index in [1.54, 1.807) is 23.1 Å². The maximum atomic E-state index is 14.4. The zero-order valence-corrected chi connectivity index (χ0v) is 22.1. The van der Waals surface area contributed by atoms with Crippen molar-refractivity contribution >= 4 is 44.9 Å². The molecule has 0 aliphatic carbocycles. The highest BCUT2D eigenvalue weighted by molar-refractivity contribution is 7.15. The zero-order valence-electron chi connectivity index (χ0n) is 21.3. The van der Waals surface area contributed by atoms with Crippen LogP contribution < -0.4 is 15.2 Å². The van der Waals surface area contributed by atoms with Gasteiger partial charge in [0.1, 0.15) is 10.6 Å². The summed E-state index contributed by atoms with van der Waals surface area (Å²) in [5.41, 5.74) is 1.34. The number of fused-ring (bicyclic) bond motifs is 5. The molecule has 188 valence electrons. The number of rotatable bonds is 4. The summed E-state index contributed by atoms with van der Waals surface area (Å²) in [5.74, 6) is -0.729. The third kappa shape index (κ3) is 3.03. The van der Waals surface area contributed by atoms with Crippen molar-refractivity contribution < 1.29 is 14.0 Å². The summed E-state index contributed by atoms with van der Waals surface area (Å²) >= 11 is 1.26. The van der Waals surface area contributed by atoms with Gasteiger partial charge < -0.3 is 9.32 Å². The average molecular weight is 515 g/mol. The van der Waals surface area contributed by atoms with Crippen LogP contribution in [0.1, 0.15) is 58.6 Å². The molecule has 0 N–H and O–H groups in total. The predicted octanol–water partition coefficient (Wildman–Crippen LogP) is 4.73. The first-order chi connectivity index (χ1) is 17.7. The lowest BCUT2D eigenvalue weighted by atomic mass is 9.84. The van der Waals surface area contributed by atoms with E-state index in [1.165, 1.54) is 16.2 Å². The number of benzene rings is 2. The molecule has 0 radical (unpaired) electrons. The number of aryl methyl sites for hydroxylation is 2. The number of nitrogens with zero attached hydrogens (tertiary/aromatic N) is 4. The second-order valence-corrected chi connectivity index (χ2v) is 11.1. The molecule has 0 saturated heterocycles. The molecular weight excluding hydrogens is 488 g/mol. The summed E-state index contributed by atoms with van der Waals surface area (Å²) in [6, 6.07) is 10.8.